The maximum atomic E-state index is 13.1. The Kier molecular flexibility index (Phi) is 5.46. The molecule has 134 valence electrons. The van der Waals surface area contributed by atoms with Crippen LogP contribution in [-0.2, 0) is 4.79 Å². The van der Waals surface area contributed by atoms with Crippen LogP contribution < -0.4 is 16.0 Å². The Balaban J connectivity index is 1.95. The molecular formula is C18H14Cl2FN3OS. The van der Waals surface area contributed by atoms with Crippen LogP contribution in [0.1, 0.15) is 11.6 Å². The number of rotatable bonds is 3. The van der Waals surface area contributed by atoms with E-state index in [9.17, 15) is 9.18 Å². The van der Waals surface area contributed by atoms with Gasteiger partial charge in [0.25, 0.3) is 0 Å². The summed E-state index contributed by atoms with van der Waals surface area (Å²) in [5, 5.41) is 9.79. The van der Waals surface area contributed by atoms with Gasteiger partial charge in [0.05, 0.1) is 6.04 Å². The van der Waals surface area contributed by atoms with Gasteiger partial charge in [0.15, 0.2) is 5.11 Å². The lowest BCUT2D eigenvalue weighted by Crippen LogP contribution is -2.51. The van der Waals surface area contributed by atoms with Crippen molar-refractivity contribution < 1.29 is 9.18 Å². The summed E-state index contributed by atoms with van der Waals surface area (Å²) in [6.07, 6.45) is 0. The van der Waals surface area contributed by atoms with Crippen LogP contribution in [0.2, 0.25) is 10.0 Å². The molecule has 3 rings (SSSR count). The number of amides is 1. The minimum absolute atomic E-state index is 0.321. The van der Waals surface area contributed by atoms with Crippen LogP contribution in [0.4, 0.5) is 10.1 Å². The van der Waals surface area contributed by atoms with Crippen molar-refractivity contribution >= 4 is 52.1 Å². The maximum Gasteiger partial charge on any atom is 0.235 e. The molecule has 1 aliphatic heterocycles. The second-order valence-electron chi connectivity index (χ2n) is 5.71. The van der Waals surface area contributed by atoms with Crippen molar-refractivity contribution in [2.24, 2.45) is 5.92 Å². The van der Waals surface area contributed by atoms with Crippen LogP contribution in [0.15, 0.2) is 54.7 Å². The summed E-state index contributed by atoms with van der Waals surface area (Å²) in [5.41, 5.74) is 1.43. The number of thiocarbonyl (C=S) groups is 1. The third kappa shape index (κ3) is 3.82. The highest BCUT2D eigenvalue weighted by molar-refractivity contribution is 7.80. The molecule has 0 spiro atoms. The van der Waals surface area contributed by atoms with Crippen molar-refractivity contribution in [2.75, 3.05) is 5.32 Å². The average molecular weight is 410 g/mol. The molecule has 0 unspecified atom stereocenters. The summed E-state index contributed by atoms with van der Waals surface area (Å²) >= 11 is 17.8. The summed E-state index contributed by atoms with van der Waals surface area (Å²) < 4.78 is 13.1. The van der Waals surface area contributed by atoms with E-state index in [0.29, 0.717) is 32.1 Å². The predicted molar refractivity (Wildman–Crippen MR) is 106 cm³/mol. The predicted octanol–water partition coefficient (Wildman–Crippen LogP) is 4.42. The first kappa shape index (κ1) is 18.6. The molecule has 0 aliphatic carbocycles. The Morgan fingerprint density at radius 3 is 2.38 bits per heavy atom. The molecule has 1 fully saturated rings. The first-order chi connectivity index (χ1) is 12.4. The number of halogens is 3. The van der Waals surface area contributed by atoms with Gasteiger partial charge in [-0.1, -0.05) is 35.8 Å². The standard InChI is InChI=1S/C18H14Cl2FN3OS/c1-9-14(17(25)23-11-7-5-10(21)6-8-11)16(24-18(26)22-9)15-12(19)3-2-4-13(15)20/h2-8,14,16H,1H2,(H,23,25)(H2,22,24,26)/t14-,16-/m0/s1. The average Bonchev–Trinajstić information content (AvgIpc) is 2.56. The third-order valence-electron chi connectivity index (χ3n) is 3.97. The van der Waals surface area contributed by atoms with E-state index in [0.717, 1.165) is 0 Å². The van der Waals surface area contributed by atoms with Crippen LogP contribution in [0.3, 0.4) is 0 Å². The Labute approximate surface area is 165 Å². The van der Waals surface area contributed by atoms with E-state index in [-0.39, 0.29) is 11.7 Å². The summed E-state index contributed by atoms with van der Waals surface area (Å²) in [7, 11) is 0. The second kappa shape index (κ2) is 7.61. The zero-order valence-corrected chi connectivity index (χ0v) is 15.7. The highest BCUT2D eigenvalue weighted by atomic mass is 35.5. The molecule has 8 heteroatoms. The largest absolute Gasteiger partial charge is 0.354 e. The van der Waals surface area contributed by atoms with Gasteiger partial charge in [0, 0.05) is 27.0 Å². The Morgan fingerprint density at radius 2 is 1.77 bits per heavy atom. The van der Waals surface area contributed by atoms with Crippen LogP contribution in [0.25, 0.3) is 0 Å². The number of hydrogen-bond acceptors (Lipinski definition) is 2. The SMILES string of the molecule is C=C1NC(=S)N[C@H](c2c(Cl)cccc2Cl)[C@H]1C(=O)Nc1ccc(F)cc1. The van der Waals surface area contributed by atoms with Gasteiger partial charge in [-0.15, -0.1) is 0 Å². The molecular weight excluding hydrogens is 396 g/mol. The van der Waals surface area contributed by atoms with E-state index in [4.69, 9.17) is 35.4 Å². The molecule has 0 aromatic heterocycles. The third-order valence-corrected chi connectivity index (χ3v) is 4.85. The normalized spacial score (nSPS) is 19.5. The van der Waals surface area contributed by atoms with E-state index < -0.39 is 12.0 Å². The molecule has 2 aromatic rings. The number of benzene rings is 2. The zero-order valence-electron chi connectivity index (χ0n) is 13.4. The van der Waals surface area contributed by atoms with Crippen LogP contribution in [0.5, 0.6) is 0 Å². The minimum atomic E-state index is -0.746. The highest BCUT2D eigenvalue weighted by Crippen LogP contribution is 2.38. The molecule has 1 heterocycles. The molecule has 26 heavy (non-hydrogen) atoms. The van der Waals surface area contributed by atoms with E-state index in [1.807, 2.05) is 0 Å². The monoisotopic (exact) mass is 409 g/mol. The van der Waals surface area contributed by atoms with Gasteiger partial charge in [-0.2, -0.15) is 0 Å². The Bertz CT molecular complexity index is 868. The van der Waals surface area contributed by atoms with Gasteiger partial charge in [0.1, 0.15) is 11.7 Å². The van der Waals surface area contributed by atoms with E-state index >= 15 is 0 Å². The van der Waals surface area contributed by atoms with Crippen molar-refractivity contribution in [3.05, 3.63) is 76.2 Å². The fraction of sp³-hybridized carbons (Fsp3) is 0.111. The molecule has 0 radical (unpaired) electrons. The van der Waals surface area contributed by atoms with Crippen LogP contribution >= 0.6 is 35.4 Å². The molecule has 1 amide bonds. The number of nitrogens with one attached hydrogen (secondary N) is 3. The summed E-state index contributed by atoms with van der Waals surface area (Å²) in [4.78, 5) is 12.9. The van der Waals surface area contributed by atoms with Crippen molar-refractivity contribution in [1.82, 2.24) is 10.6 Å². The molecule has 1 saturated heterocycles. The highest BCUT2D eigenvalue weighted by Gasteiger charge is 2.38. The Morgan fingerprint density at radius 1 is 1.15 bits per heavy atom. The second-order valence-corrected chi connectivity index (χ2v) is 6.93. The topological polar surface area (TPSA) is 53.2 Å². The molecule has 2 atom stereocenters. The molecule has 0 saturated carbocycles. The van der Waals surface area contributed by atoms with Crippen molar-refractivity contribution in [1.29, 1.82) is 0 Å². The molecule has 0 bridgehead atoms. The number of hydrogen-bond donors (Lipinski definition) is 3. The fourth-order valence-corrected chi connectivity index (χ4v) is 3.69. The number of anilines is 1. The lowest BCUT2D eigenvalue weighted by atomic mass is 9.88. The van der Waals surface area contributed by atoms with Gasteiger partial charge in [-0.25, -0.2) is 4.39 Å². The summed E-state index contributed by atoms with van der Waals surface area (Å²) in [5.74, 6) is -1.49. The quantitative estimate of drug-likeness (QED) is 0.656. The lowest BCUT2D eigenvalue weighted by molar-refractivity contribution is -0.119. The zero-order chi connectivity index (χ0) is 18.8. The van der Waals surface area contributed by atoms with Gasteiger partial charge < -0.3 is 16.0 Å². The van der Waals surface area contributed by atoms with E-state index in [2.05, 4.69) is 22.5 Å². The molecule has 4 nitrogen and oxygen atoms in total. The van der Waals surface area contributed by atoms with Crippen molar-refractivity contribution in [3.63, 3.8) is 0 Å². The summed E-state index contributed by atoms with van der Waals surface area (Å²) in [6, 6.07) is 9.97. The summed E-state index contributed by atoms with van der Waals surface area (Å²) in [6.45, 7) is 3.91. The van der Waals surface area contributed by atoms with Gasteiger partial charge in [-0.05, 0) is 48.6 Å². The van der Waals surface area contributed by atoms with Crippen molar-refractivity contribution in [2.45, 2.75) is 6.04 Å². The molecule has 3 N–H and O–H groups in total. The van der Waals surface area contributed by atoms with Crippen molar-refractivity contribution in [3.8, 4) is 0 Å². The number of carbonyl (C=O) groups excluding carboxylic acids is 1. The molecule has 2 aromatic carbocycles. The van der Waals surface area contributed by atoms with Gasteiger partial charge >= 0.3 is 0 Å². The maximum absolute atomic E-state index is 13.1. The van der Waals surface area contributed by atoms with E-state index in [1.54, 1.807) is 18.2 Å². The van der Waals surface area contributed by atoms with Gasteiger partial charge in [-0.3, -0.25) is 4.79 Å². The van der Waals surface area contributed by atoms with Crippen LogP contribution in [0, 0.1) is 11.7 Å². The molecule has 1 aliphatic rings. The smallest absolute Gasteiger partial charge is 0.235 e. The first-order valence-electron chi connectivity index (χ1n) is 7.63. The van der Waals surface area contributed by atoms with Gasteiger partial charge in [0.2, 0.25) is 5.91 Å². The van der Waals surface area contributed by atoms with Crippen LogP contribution in [-0.4, -0.2) is 11.0 Å². The lowest BCUT2D eigenvalue weighted by Gasteiger charge is -2.36. The number of carbonyl (C=O) groups is 1. The fourth-order valence-electron chi connectivity index (χ4n) is 2.79. The Hall–Kier alpha value is -2.15. The first-order valence-corrected chi connectivity index (χ1v) is 8.80. The minimum Gasteiger partial charge on any atom is -0.354 e. The van der Waals surface area contributed by atoms with E-state index in [1.165, 1.54) is 24.3 Å².